The van der Waals surface area contributed by atoms with E-state index in [4.69, 9.17) is 4.74 Å². The third-order valence-electron chi connectivity index (χ3n) is 3.78. The predicted molar refractivity (Wildman–Crippen MR) is 79.5 cm³/mol. The molecule has 1 N–H and O–H groups in total. The number of amides is 1. The zero-order valence-electron chi connectivity index (χ0n) is 12.2. The van der Waals surface area contributed by atoms with E-state index >= 15 is 0 Å². The van der Waals surface area contributed by atoms with Gasteiger partial charge < -0.3 is 15.0 Å². The van der Waals surface area contributed by atoms with Crippen molar-refractivity contribution in [3.63, 3.8) is 0 Å². The van der Waals surface area contributed by atoms with E-state index in [0.29, 0.717) is 12.5 Å². The van der Waals surface area contributed by atoms with Crippen LogP contribution in [0.2, 0.25) is 0 Å². The van der Waals surface area contributed by atoms with Crippen LogP contribution in [0, 0.1) is 5.92 Å². The second-order valence-corrected chi connectivity index (χ2v) is 5.39. The Morgan fingerprint density at radius 3 is 2.95 bits per heavy atom. The van der Waals surface area contributed by atoms with Crippen molar-refractivity contribution in [1.29, 1.82) is 0 Å². The van der Waals surface area contributed by atoms with Crippen LogP contribution < -0.4 is 5.32 Å². The Hall–Kier alpha value is -1.55. The Bertz CT molecular complexity index is 408. The molecule has 4 nitrogen and oxygen atoms in total. The third kappa shape index (κ3) is 4.53. The van der Waals surface area contributed by atoms with Crippen LogP contribution in [0.3, 0.4) is 0 Å². The van der Waals surface area contributed by atoms with Gasteiger partial charge in [0.25, 0.3) is 0 Å². The van der Waals surface area contributed by atoms with Crippen molar-refractivity contribution < 1.29 is 9.53 Å². The fourth-order valence-corrected chi connectivity index (χ4v) is 2.63. The van der Waals surface area contributed by atoms with Gasteiger partial charge in [-0.3, -0.25) is 0 Å². The highest BCUT2D eigenvalue weighted by atomic mass is 16.6. The van der Waals surface area contributed by atoms with Crippen molar-refractivity contribution in [2.75, 3.05) is 26.7 Å². The number of rotatable bonds is 5. The number of nitrogens with one attached hydrogen (secondary N) is 1. The van der Waals surface area contributed by atoms with Gasteiger partial charge in [0, 0.05) is 13.1 Å². The maximum atomic E-state index is 12.1. The summed E-state index contributed by atoms with van der Waals surface area (Å²) in [5, 5.41) is 3.17. The zero-order chi connectivity index (χ0) is 14.2. The molecule has 0 radical (unpaired) electrons. The van der Waals surface area contributed by atoms with Gasteiger partial charge in [0.1, 0.15) is 6.61 Å². The van der Waals surface area contributed by atoms with Crippen LogP contribution in [-0.2, 0) is 11.3 Å². The molecule has 0 unspecified atom stereocenters. The SMILES string of the molecule is CNCC[C@@H]1CCCN(C(=O)OCc2ccccc2)C1. The van der Waals surface area contributed by atoms with Gasteiger partial charge in [0.2, 0.25) is 0 Å². The van der Waals surface area contributed by atoms with E-state index in [1.165, 1.54) is 6.42 Å². The number of ether oxygens (including phenoxy) is 1. The molecular formula is C16H24N2O2. The zero-order valence-corrected chi connectivity index (χ0v) is 12.2. The molecule has 2 rings (SSSR count). The smallest absolute Gasteiger partial charge is 0.410 e. The fraction of sp³-hybridized carbons (Fsp3) is 0.562. The van der Waals surface area contributed by atoms with E-state index in [1.807, 2.05) is 42.3 Å². The molecule has 0 saturated carbocycles. The second kappa shape index (κ2) is 7.90. The molecule has 1 heterocycles. The Morgan fingerprint density at radius 2 is 2.20 bits per heavy atom. The lowest BCUT2D eigenvalue weighted by molar-refractivity contribution is 0.0781. The van der Waals surface area contributed by atoms with Crippen LogP contribution in [-0.4, -0.2) is 37.7 Å². The van der Waals surface area contributed by atoms with Crippen molar-refractivity contribution in [1.82, 2.24) is 10.2 Å². The molecule has 0 aromatic heterocycles. The molecule has 1 aliphatic heterocycles. The molecule has 0 aliphatic carbocycles. The highest BCUT2D eigenvalue weighted by Crippen LogP contribution is 2.20. The molecule has 20 heavy (non-hydrogen) atoms. The van der Waals surface area contributed by atoms with E-state index in [9.17, 15) is 4.79 Å². The topological polar surface area (TPSA) is 41.6 Å². The summed E-state index contributed by atoms with van der Waals surface area (Å²) in [6.45, 7) is 3.02. The summed E-state index contributed by atoms with van der Waals surface area (Å²) < 4.78 is 5.39. The number of nitrogens with zero attached hydrogens (tertiary/aromatic N) is 1. The summed E-state index contributed by atoms with van der Waals surface area (Å²) in [5.41, 5.74) is 1.03. The van der Waals surface area contributed by atoms with Gasteiger partial charge in [-0.1, -0.05) is 30.3 Å². The van der Waals surface area contributed by atoms with Crippen LogP contribution in [0.15, 0.2) is 30.3 Å². The van der Waals surface area contributed by atoms with Gasteiger partial charge in [0.15, 0.2) is 0 Å². The van der Waals surface area contributed by atoms with E-state index in [1.54, 1.807) is 0 Å². The van der Waals surface area contributed by atoms with Gasteiger partial charge in [-0.15, -0.1) is 0 Å². The van der Waals surface area contributed by atoms with Crippen molar-refractivity contribution in [2.24, 2.45) is 5.92 Å². The molecule has 110 valence electrons. The first-order valence-electron chi connectivity index (χ1n) is 7.40. The minimum Gasteiger partial charge on any atom is -0.445 e. The van der Waals surface area contributed by atoms with Crippen molar-refractivity contribution >= 4 is 6.09 Å². The lowest BCUT2D eigenvalue weighted by atomic mass is 9.95. The quantitative estimate of drug-likeness (QED) is 0.899. The molecule has 1 aromatic carbocycles. The summed E-state index contributed by atoms with van der Waals surface area (Å²) in [4.78, 5) is 13.9. The maximum absolute atomic E-state index is 12.1. The van der Waals surface area contributed by atoms with Crippen molar-refractivity contribution in [3.8, 4) is 0 Å². The first-order chi connectivity index (χ1) is 9.79. The van der Waals surface area contributed by atoms with Crippen LogP contribution in [0.1, 0.15) is 24.8 Å². The highest BCUT2D eigenvalue weighted by Gasteiger charge is 2.24. The summed E-state index contributed by atoms with van der Waals surface area (Å²) >= 11 is 0. The number of carbonyl (C=O) groups is 1. The molecule has 1 atom stereocenters. The number of hydrogen-bond donors (Lipinski definition) is 1. The van der Waals surface area contributed by atoms with E-state index < -0.39 is 0 Å². The van der Waals surface area contributed by atoms with Gasteiger partial charge >= 0.3 is 6.09 Å². The number of benzene rings is 1. The lowest BCUT2D eigenvalue weighted by Crippen LogP contribution is -2.40. The van der Waals surface area contributed by atoms with Gasteiger partial charge in [0.05, 0.1) is 0 Å². The van der Waals surface area contributed by atoms with E-state index in [-0.39, 0.29) is 6.09 Å². The van der Waals surface area contributed by atoms with Crippen LogP contribution in [0.4, 0.5) is 4.79 Å². The largest absolute Gasteiger partial charge is 0.445 e. The molecule has 0 spiro atoms. The third-order valence-corrected chi connectivity index (χ3v) is 3.78. The monoisotopic (exact) mass is 276 g/mol. The lowest BCUT2D eigenvalue weighted by Gasteiger charge is -2.32. The van der Waals surface area contributed by atoms with Crippen molar-refractivity contribution in [3.05, 3.63) is 35.9 Å². The first kappa shape index (κ1) is 14.9. The van der Waals surface area contributed by atoms with Gasteiger partial charge in [-0.25, -0.2) is 4.79 Å². The normalized spacial score (nSPS) is 18.9. The number of hydrogen-bond acceptors (Lipinski definition) is 3. The summed E-state index contributed by atoms with van der Waals surface area (Å²) in [7, 11) is 1.97. The number of likely N-dealkylation sites (tertiary alicyclic amines) is 1. The average molecular weight is 276 g/mol. The Morgan fingerprint density at radius 1 is 1.40 bits per heavy atom. The Labute approximate surface area is 121 Å². The molecule has 1 fully saturated rings. The summed E-state index contributed by atoms with van der Waals surface area (Å²) in [6, 6.07) is 9.82. The number of carbonyl (C=O) groups excluding carboxylic acids is 1. The molecule has 0 bridgehead atoms. The summed E-state index contributed by atoms with van der Waals surface area (Å²) in [5.74, 6) is 0.598. The van der Waals surface area contributed by atoms with Gasteiger partial charge in [-0.2, -0.15) is 0 Å². The van der Waals surface area contributed by atoms with Crippen LogP contribution >= 0.6 is 0 Å². The van der Waals surface area contributed by atoms with Crippen LogP contribution in [0.5, 0.6) is 0 Å². The van der Waals surface area contributed by atoms with Crippen LogP contribution in [0.25, 0.3) is 0 Å². The minimum atomic E-state index is -0.178. The minimum absolute atomic E-state index is 0.178. The Kier molecular flexibility index (Phi) is 5.87. The average Bonchev–Trinajstić information content (AvgIpc) is 2.52. The fourth-order valence-electron chi connectivity index (χ4n) is 2.63. The number of piperidine rings is 1. The highest BCUT2D eigenvalue weighted by molar-refractivity contribution is 5.67. The molecule has 1 saturated heterocycles. The maximum Gasteiger partial charge on any atom is 0.410 e. The molecule has 1 aromatic rings. The molecule has 1 aliphatic rings. The van der Waals surface area contributed by atoms with Gasteiger partial charge in [-0.05, 0) is 44.3 Å². The van der Waals surface area contributed by atoms with Crippen molar-refractivity contribution in [2.45, 2.75) is 25.9 Å². The predicted octanol–water partition coefficient (Wildman–Crippen LogP) is 2.64. The van der Waals surface area contributed by atoms with E-state index in [2.05, 4.69) is 5.32 Å². The second-order valence-electron chi connectivity index (χ2n) is 5.39. The van der Waals surface area contributed by atoms with E-state index in [0.717, 1.165) is 38.0 Å². The molecule has 1 amide bonds. The Balaban J connectivity index is 1.77. The standard InChI is InChI=1S/C16H24N2O2/c1-17-10-9-14-8-5-11-18(12-14)16(19)20-13-15-6-3-2-4-7-15/h2-4,6-7,14,17H,5,8-13H2,1H3/t14-/m0/s1. The molecule has 4 heteroatoms. The summed E-state index contributed by atoms with van der Waals surface area (Å²) in [6.07, 6.45) is 3.24. The first-order valence-corrected chi connectivity index (χ1v) is 7.40. The molecular weight excluding hydrogens is 252 g/mol.